The van der Waals surface area contributed by atoms with Crippen LogP contribution in [0.1, 0.15) is 16.7 Å². The molecular weight excluding hydrogens is 673 g/mol. The molecule has 0 saturated carbocycles. The van der Waals surface area contributed by atoms with Gasteiger partial charge in [-0.3, -0.25) is 4.57 Å². The first-order chi connectivity index (χ1) is 26.7. The van der Waals surface area contributed by atoms with Gasteiger partial charge < -0.3 is 19.7 Å². The van der Waals surface area contributed by atoms with Crippen LogP contribution in [-0.4, -0.2) is 57.6 Å². The number of hydrogen-bond donors (Lipinski definition) is 2. The van der Waals surface area contributed by atoms with Crippen LogP contribution in [0.4, 0.5) is 0 Å². The molecule has 54 heavy (non-hydrogen) atoms. The minimum Gasteiger partial charge on any atom is -0.491 e. The third-order valence-electron chi connectivity index (χ3n) is 9.21. The zero-order valence-electron chi connectivity index (χ0n) is 29.5. The molecule has 8 heteroatoms. The van der Waals surface area contributed by atoms with E-state index in [0.29, 0.717) is 39.9 Å². The van der Waals surface area contributed by atoms with E-state index in [4.69, 9.17) is 24.4 Å². The van der Waals surface area contributed by atoms with Crippen LogP contribution in [0.5, 0.6) is 11.5 Å². The van der Waals surface area contributed by atoms with Gasteiger partial charge in [0.25, 0.3) is 5.79 Å². The summed E-state index contributed by atoms with van der Waals surface area (Å²) < 4.78 is 14.6. The molecule has 8 rings (SSSR count). The molecule has 0 spiro atoms. The fraction of sp³-hybridized carbons (Fsp3) is 0.109. The third-order valence-corrected chi connectivity index (χ3v) is 9.21. The van der Waals surface area contributed by atoms with Crippen LogP contribution in [0.25, 0.3) is 33.9 Å². The molecule has 0 aliphatic carbocycles. The highest BCUT2D eigenvalue weighted by Gasteiger charge is 2.47. The van der Waals surface area contributed by atoms with Crippen molar-refractivity contribution in [2.75, 3.05) is 26.4 Å². The van der Waals surface area contributed by atoms with Gasteiger partial charge in [-0.1, -0.05) is 146 Å². The second-order valence-electron chi connectivity index (χ2n) is 12.6. The summed E-state index contributed by atoms with van der Waals surface area (Å²) in [4.78, 5) is 17.0. The summed E-state index contributed by atoms with van der Waals surface area (Å²) in [6.07, 6.45) is 0. The first kappa shape index (κ1) is 34.5. The Morgan fingerprint density at radius 2 is 0.926 bits per heavy atom. The van der Waals surface area contributed by atoms with E-state index in [9.17, 15) is 10.2 Å². The number of imidazole rings is 1. The Bertz CT molecular complexity index is 2350. The molecule has 1 aromatic heterocycles. The lowest BCUT2D eigenvalue weighted by molar-refractivity contribution is 0.197. The van der Waals surface area contributed by atoms with Gasteiger partial charge in [0.05, 0.1) is 47.2 Å². The molecule has 0 unspecified atom stereocenters. The lowest BCUT2D eigenvalue weighted by atomic mass is 10.0. The second-order valence-corrected chi connectivity index (χ2v) is 12.6. The predicted molar refractivity (Wildman–Crippen MR) is 213 cm³/mol. The number of benzene rings is 6. The Kier molecular flexibility index (Phi) is 9.93. The third kappa shape index (κ3) is 6.49. The van der Waals surface area contributed by atoms with E-state index in [1.165, 1.54) is 0 Å². The smallest absolute Gasteiger partial charge is 0.265 e. The van der Waals surface area contributed by atoms with Crippen LogP contribution in [0.2, 0.25) is 0 Å². The van der Waals surface area contributed by atoms with Crippen LogP contribution in [0, 0.1) is 0 Å². The summed E-state index contributed by atoms with van der Waals surface area (Å²) in [5.41, 5.74) is 7.84. The highest BCUT2D eigenvalue weighted by molar-refractivity contribution is 6.54. The molecule has 2 heterocycles. The van der Waals surface area contributed by atoms with Crippen molar-refractivity contribution in [2.24, 2.45) is 9.98 Å². The summed E-state index contributed by atoms with van der Waals surface area (Å²) in [6, 6.07) is 55.8. The van der Waals surface area contributed by atoms with E-state index >= 15 is 0 Å². The van der Waals surface area contributed by atoms with E-state index in [1.807, 2.05) is 158 Å². The van der Waals surface area contributed by atoms with Gasteiger partial charge in [-0.25, -0.2) is 15.0 Å². The highest BCUT2D eigenvalue weighted by Crippen LogP contribution is 2.49. The molecule has 6 aromatic carbocycles. The first-order valence-electron chi connectivity index (χ1n) is 17.9. The van der Waals surface area contributed by atoms with E-state index in [2.05, 4.69) is 16.7 Å². The lowest BCUT2D eigenvalue weighted by Crippen LogP contribution is -2.32. The maximum Gasteiger partial charge on any atom is 0.265 e. The minimum atomic E-state index is -1.53. The molecule has 1 aliphatic heterocycles. The van der Waals surface area contributed by atoms with E-state index in [-0.39, 0.29) is 26.4 Å². The number of aliphatic hydroxyl groups excluding tert-OH is 2. The van der Waals surface area contributed by atoms with Crippen molar-refractivity contribution in [1.82, 2.24) is 9.55 Å². The Morgan fingerprint density at radius 3 is 1.48 bits per heavy atom. The molecule has 266 valence electrons. The normalized spacial score (nSPS) is 13.3. The Labute approximate surface area is 314 Å². The van der Waals surface area contributed by atoms with Gasteiger partial charge in [-0.15, -0.1) is 0 Å². The van der Waals surface area contributed by atoms with Crippen LogP contribution < -0.4 is 9.47 Å². The number of aliphatic imine (C=N–C) groups is 2. The van der Waals surface area contributed by atoms with Crippen LogP contribution >= 0.6 is 0 Å². The van der Waals surface area contributed by atoms with Gasteiger partial charge in [-0.2, -0.15) is 0 Å². The molecule has 8 nitrogen and oxygen atoms in total. The number of aliphatic hydroxyl groups is 2. The zero-order valence-corrected chi connectivity index (χ0v) is 29.5. The van der Waals surface area contributed by atoms with Gasteiger partial charge in [0.1, 0.15) is 30.5 Å². The fourth-order valence-corrected chi connectivity index (χ4v) is 6.90. The highest BCUT2D eigenvalue weighted by atomic mass is 16.5. The van der Waals surface area contributed by atoms with Crippen molar-refractivity contribution >= 4 is 11.4 Å². The molecule has 7 aromatic rings. The molecule has 0 saturated heterocycles. The van der Waals surface area contributed by atoms with E-state index in [0.717, 1.165) is 33.6 Å². The largest absolute Gasteiger partial charge is 0.491 e. The van der Waals surface area contributed by atoms with Gasteiger partial charge >= 0.3 is 0 Å². The number of nitrogens with zero attached hydrogens (tertiary/aromatic N) is 4. The van der Waals surface area contributed by atoms with Crippen molar-refractivity contribution < 1.29 is 19.7 Å². The van der Waals surface area contributed by atoms with Gasteiger partial charge in [0.15, 0.2) is 0 Å². The van der Waals surface area contributed by atoms with Crippen molar-refractivity contribution in [1.29, 1.82) is 0 Å². The summed E-state index contributed by atoms with van der Waals surface area (Å²) in [6.45, 7) is -0.141. The zero-order chi connectivity index (χ0) is 36.7. The average molecular weight is 711 g/mol. The fourth-order valence-electron chi connectivity index (χ4n) is 6.90. The van der Waals surface area contributed by atoms with Crippen LogP contribution in [-0.2, 0) is 5.79 Å². The lowest BCUT2D eigenvalue weighted by Gasteiger charge is -2.31. The quantitative estimate of drug-likeness (QED) is 0.126. The van der Waals surface area contributed by atoms with Crippen LogP contribution in [0.15, 0.2) is 180 Å². The van der Waals surface area contributed by atoms with Crippen molar-refractivity contribution in [2.45, 2.75) is 5.79 Å². The molecule has 0 amide bonds. The number of para-hydroxylation sites is 2. The first-order valence-corrected chi connectivity index (χ1v) is 17.9. The van der Waals surface area contributed by atoms with Crippen molar-refractivity contribution in [3.05, 3.63) is 187 Å². The van der Waals surface area contributed by atoms with Gasteiger partial charge in [0.2, 0.25) is 0 Å². The van der Waals surface area contributed by atoms with E-state index in [1.54, 1.807) is 0 Å². The average Bonchev–Trinajstić information content (AvgIpc) is 3.85. The maximum atomic E-state index is 9.94. The Hall–Kier alpha value is -6.61. The summed E-state index contributed by atoms with van der Waals surface area (Å²) >= 11 is 0. The number of aromatic nitrogens is 2. The monoisotopic (exact) mass is 710 g/mol. The number of rotatable bonds is 13. The Balaban J connectivity index is 1.58. The van der Waals surface area contributed by atoms with Crippen molar-refractivity contribution in [3.8, 4) is 45.4 Å². The predicted octanol–water partition coefficient (Wildman–Crippen LogP) is 8.28. The molecule has 0 atom stereocenters. The van der Waals surface area contributed by atoms with Crippen molar-refractivity contribution in [3.63, 3.8) is 0 Å². The summed E-state index contributed by atoms with van der Waals surface area (Å²) in [5.74, 6) is 0.0833. The molecule has 0 fully saturated rings. The molecule has 2 N–H and O–H groups in total. The van der Waals surface area contributed by atoms with Crippen LogP contribution in [0.3, 0.4) is 0 Å². The number of hydrogen-bond acceptors (Lipinski definition) is 7. The Morgan fingerprint density at radius 1 is 0.481 bits per heavy atom. The number of ether oxygens (including phenoxy) is 2. The molecular formula is C46H38N4O4. The minimum absolute atomic E-state index is 0.0764. The maximum absolute atomic E-state index is 9.94. The van der Waals surface area contributed by atoms with E-state index < -0.39 is 5.79 Å². The topological polar surface area (TPSA) is 101 Å². The summed E-state index contributed by atoms with van der Waals surface area (Å²) in [7, 11) is 0. The second kappa shape index (κ2) is 15.6. The SMILES string of the molecule is OCCOc1ccccc1-c1nc(-c2ccccc2)c(-c2ccccc2)n1C1(c2ccccc2OCCO)N=C(c2ccccc2)C(c2ccccc2)=N1. The molecule has 0 bridgehead atoms. The summed E-state index contributed by atoms with van der Waals surface area (Å²) in [5, 5.41) is 19.8. The molecule has 0 radical (unpaired) electrons. The standard InChI is InChI=1S/C46H38N4O4/c51-29-31-53-39-27-15-13-25-37(39)45-47-43(35-21-9-3-10-22-35)44(36-23-11-4-12-24-36)50(45)46(38-26-14-16-28-40(38)54-32-30-52)48-41(33-17-5-1-6-18-33)42(49-46)34-19-7-2-8-20-34/h1-28,51-52H,29-32H2. The molecule has 1 aliphatic rings. The van der Waals surface area contributed by atoms with Gasteiger partial charge in [0, 0.05) is 22.3 Å². The van der Waals surface area contributed by atoms with Gasteiger partial charge in [-0.05, 0) is 24.3 Å².